The molecule has 2 aromatic carbocycles. The van der Waals surface area contributed by atoms with Gasteiger partial charge in [-0.2, -0.15) is 0 Å². The molecule has 2 aromatic rings. The molecule has 0 aliphatic heterocycles. The van der Waals surface area contributed by atoms with E-state index in [0.29, 0.717) is 11.5 Å². The highest BCUT2D eigenvalue weighted by Crippen LogP contribution is 2.52. The molecule has 32 heavy (non-hydrogen) atoms. The third-order valence-electron chi connectivity index (χ3n) is 5.02. The highest BCUT2D eigenvalue weighted by atomic mass is 79.9. The van der Waals surface area contributed by atoms with E-state index in [1.165, 1.54) is 0 Å². The third-order valence-corrected chi connectivity index (χ3v) is 9.51. The van der Waals surface area contributed by atoms with E-state index in [-0.39, 0.29) is 26.4 Å². The van der Waals surface area contributed by atoms with Crippen LogP contribution in [0.15, 0.2) is 17.9 Å². The summed E-state index contributed by atoms with van der Waals surface area (Å²) in [5, 5.41) is 17.4. The molecule has 0 heterocycles. The second kappa shape index (κ2) is 12.4. The van der Waals surface area contributed by atoms with Gasteiger partial charge in [-0.15, -0.1) is 23.2 Å². The Morgan fingerprint density at radius 3 is 1.09 bits per heavy atom. The van der Waals surface area contributed by atoms with Gasteiger partial charge in [0.15, 0.2) is 0 Å². The minimum Gasteiger partial charge on any atom is -0.491 e. The maximum atomic E-state index is 9.20. The van der Waals surface area contributed by atoms with Crippen molar-refractivity contribution < 1.29 is 19.7 Å². The van der Waals surface area contributed by atoms with Crippen molar-refractivity contribution in [3.8, 4) is 22.6 Å². The summed E-state index contributed by atoms with van der Waals surface area (Å²) in [6.45, 7) is 7.97. The summed E-state index contributed by atoms with van der Waals surface area (Å²) in [4.78, 5) is 0. The number of alkyl halides is 2. The molecule has 0 fully saturated rings. The number of aliphatic hydroxyl groups excluding tert-OH is 2. The van der Waals surface area contributed by atoms with Crippen LogP contribution in [0.4, 0.5) is 0 Å². The SMILES string of the molecule is Cc1c(Br)c(-c2c(Br)c(C)c(OCC(Cl)CO)c(C)c2Br)c(Br)c(C)c1OCC(Cl)CO. The molecule has 0 aliphatic rings. The summed E-state index contributed by atoms with van der Waals surface area (Å²) < 4.78 is 15.4. The fraction of sp³-hybridized carbons (Fsp3) is 0.455. The quantitative estimate of drug-likeness (QED) is 0.260. The predicted molar refractivity (Wildman–Crippen MR) is 146 cm³/mol. The first-order valence-corrected chi connectivity index (χ1v) is 13.7. The average Bonchev–Trinajstić information content (AvgIpc) is 2.78. The molecule has 178 valence electrons. The first-order chi connectivity index (χ1) is 15.0. The van der Waals surface area contributed by atoms with Gasteiger partial charge in [0.05, 0.1) is 24.0 Å². The van der Waals surface area contributed by atoms with Gasteiger partial charge in [-0.05, 0) is 91.4 Å². The number of hydrogen-bond acceptors (Lipinski definition) is 4. The number of aliphatic hydroxyl groups is 2. The molecular weight excluding hydrogens is 719 g/mol. The smallest absolute Gasteiger partial charge is 0.127 e. The van der Waals surface area contributed by atoms with Crippen molar-refractivity contribution >= 4 is 86.9 Å². The molecule has 0 radical (unpaired) electrons. The van der Waals surface area contributed by atoms with Crippen LogP contribution in [0.2, 0.25) is 0 Å². The van der Waals surface area contributed by atoms with Crippen molar-refractivity contribution in [1.29, 1.82) is 0 Å². The normalized spacial score (nSPS) is 13.2. The van der Waals surface area contributed by atoms with Gasteiger partial charge in [0.1, 0.15) is 24.7 Å². The highest BCUT2D eigenvalue weighted by molar-refractivity contribution is 9.11. The van der Waals surface area contributed by atoms with Gasteiger partial charge in [0, 0.05) is 51.3 Å². The van der Waals surface area contributed by atoms with Crippen molar-refractivity contribution in [2.75, 3.05) is 26.4 Å². The fourth-order valence-electron chi connectivity index (χ4n) is 3.23. The Kier molecular flexibility index (Phi) is 11.1. The summed E-state index contributed by atoms with van der Waals surface area (Å²) in [7, 11) is 0. The van der Waals surface area contributed by atoms with Crippen LogP contribution in [-0.2, 0) is 0 Å². The second-order valence-electron chi connectivity index (χ2n) is 7.35. The molecule has 0 bridgehead atoms. The lowest BCUT2D eigenvalue weighted by Crippen LogP contribution is -2.17. The molecular formula is C22H24Br4Cl2O4. The largest absolute Gasteiger partial charge is 0.491 e. The van der Waals surface area contributed by atoms with Gasteiger partial charge in [-0.3, -0.25) is 0 Å². The van der Waals surface area contributed by atoms with Crippen LogP contribution in [0.25, 0.3) is 11.1 Å². The Labute approximate surface area is 232 Å². The summed E-state index contributed by atoms with van der Waals surface area (Å²) in [5.41, 5.74) is 5.60. The summed E-state index contributed by atoms with van der Waals surface area (Å²) in [5.74, 6) is 1.42. The number of hydrogen-bond donors (Lipinski definition) is 2. The molecule has 0 saturated heterocycles. The Balaban J connectivity index is 2.65. The van der Waals surface area contributed by atoms with Crippen molar-refractivity contribution in [1.82, 2.24) is 0 Å². The van der Waals surface area contributed by atoms with E-state index < -0.39 is 10.8 Å². The first-order valence-electron chi connectivity index (χ1n) is 9.69. The molecule has 0 aromatic heterocycles. The molecule has 0 aliphatic carbocycles. The second-order valence-corrected chi connectivity index (χ2v) is 11.8. The zero-order chi connectivity index (χ0) is 24.3. The van der Waals surface area contributed by atoms with Gasteiger partial charge in [-0.25, -0.2) is 0 Å². The number of halogens is 6. The van der Waals surface area contributed by atoms with Crippen molar-refractivity contribution in [2.24, 2.45) is 0 Å². The van der Waals surface area contributed by atoms with Gasteiger partial charge in [-0.1, -0.05) is 0 Å². The topological polar surface area (TPSA) is 58.9 Å². The van der Waals surface area contributed by atoms with Crippen LogP contribution < -0.4 is 9.47 Å². The minimum absolute atomic E-state index is 0.157. The standard InChI is InChI=1S/C22H24Br4Cl2O4/c1-9-17(23)15(18(24)10(2)21(9)31-7-13(27)5-29)16-19(25)11(3)22(12(4)20(16)26)32-8-14(28)6-30/h13-14,29-30H,5-8H2,1-4H3. The molecule has 4 nitrogen and oxygen atoms in total. The minimum atomic E-state index is -0.481. The van der Waals surface area contributed by atoms with E-state index in [1.54, 1.807) is 0 Å². The van der Waals surface area contributed by atoms with E-state index in [9.17, 15) is 10.2 Å². The van der Waals surface area contributed by atoms with E-state index in [0.717, 1.165) is 51.3 Å². The lowest BCUT2D eigenvalue weighted by Gasteiger charge is -2.24. The van der Waals surface area contributed by atoms with Crippen molar-refractivity contribution in [3.05, 3.63) is 40.1 Å². The first kappa shape index (κ1) is 28.7. The maximum Gasteiger partial charge on any atom is 0.127 e. The summed E-state index contributed by atoms with van der Waals surface area (Å²) in [6, 6.07) is 0. The number of rotatable bonds is 9. The molecule has 2 atom stereocenters. The van der Waals surface area contributed by atoms with Crippen LogP contribution in [0.3, 0.4) is 0 Å². The van der Waals surface area contributed by atoms with E-state index >= 15 is 0 Å². The molecule has 10 heteroatoms. The van der Waals surface area contributed by atoms with Crippen LogP contribution in [0.5, 0.6) is 11.5 Å². The monoisotopic (exact) mass is 738 g/mol. The van der Waals surface area contributed by atoms with Crippen LogP contribution in [0, 0.1) is 27.7 Å². The van der Waals surface area contributed by atoms with Gasteiger partial charge in [0.2, 0.25) is 0 Å². The zero-order valence-electron chi connectivity index (χ0n) is 18.0. The Morgan fingerprint density at radius 2 is 0.875 bits per heavy atom. The third kappa shape index (κ3) is 5.99. The lowest BCUT2D eigenvalue weighted by atomic mass is 9.96. The maximum absolute atomic E-state index is 9.20. The molecule has 0 amide bonds. The van der Waals surface area contributed by atoms with Gasteiger partial charge < -0.3 is 19.7 Å². The molecule has 2 N–H and O–H groups in total. The Morgan fingerprint density at radius 1 is 0.625 bits per heavy atom. The predicted octanol–water partition coefficient (Wildman–Crippen LogP) is 7.59. The summed E-state index contributed by atoms with van der Waals surface area (Å²) >= 11 is 27.1. The van der Waals surface area contributed by atoms with Crippen molar-refractivity contribution in [3.63, 3.8) is 0 Å². The molecule has 0 spiro atoms. The van der Waals surface area contributed by atoms with Crippen LogP contribution in [0.1, 0.15) is 22.3 Å². The van der Waals surface area contributed by atoms with E-state index in [2.05, 4.69) is 63.7 Å². The average molecular weight is 743 g/mol. The molecule has 2 rings (SSSR count). The van der Waals surface area contributed by atoms with Crippen LogP contribution in [-0.4, -0.2) is 47.4 Å². The highest BCUT2D eigenvalue weighted by Gasteiger charge is 2.26. The lowest BCUT2D eigenvalue weighted by molar-refractivity contribution is 0.236. The van der Waals surface area contributed by atoms with E-state index in [1.807, 2.05) is 27.7 Å². The van der Waals surface area contributed by atoms with E-state index in [4.69, 9.17) is 32.7 Å². The Hall–Kier alpha value is 0.460. The Bertz CT molecular complexity index is 863. The van der Waals surface area contributed by atoms with Gasteiger partial charge in [0.25, 0.3) is 0 Å². The van der Waals surface area contributed by atoms with Crippen molar-refractivity contribution in [2.45, 2.75) is 38.4 Å². The summed E-state index contributed by atoms with van der Waals surface area (Å²) in [6.07, 6.45) is 0. The molecule has 0 saturated carbocycles. The van der Waals surface area contributed by atoms with Gasteiger partial charge >= 0.3 is 0 Å². The molecule has 2 unspecified atom stereocenters. The number of benzene rings is 2. The number of ether oxygens (including phenoxy) is 2. The van der Waals surface area contributed by atoms with Crippen LogP contribution >= 0.6 is 86.9 Å². The fourth-order valence-corrected chi connectivity index (χ4v) is 6.19. The zero-order valence-corrected chi connectivity index (χ0v) is 25.8.